The summed E-state index contributed by atoms with van der Waals surface area (Å²) in [7, 11) is 1.76. The molecular weight excluding hydrogens is 428 g/mol. The fourth-order valence-electron chi connectivity index (χ4n) is 3.70. The van der Waals surface area contributed by atoms with Crippen molar-refractivity contribution in [2.24, 2.45) is 0 Å². The van der Waals surface area contributed by atoms with Gasteiger partial charge in [-0.1, -0.05) is 63.8 Å². The Bertz CT molecular complexity index is 984. The molecule has 0 bridgehead atoms. The number of unbranched alkanes of at least 4 members (excludes halogenated alkanes) is 4. The molecule has 0 aliphatic heterocycles. The average Bonchev–Trinajstić information content (AvgIpc) is 2.84. The number of carbonyl (C=O) groups is 2. The van der Waals surface area contributed by atoms with Gasteiger partial charge in [0.05, 0.1) is 6.61 Å². The number of amides is 2. The first-order chi connectivity index (χ1) is 16.4. The van der Waals surface area contributed by atoms with E-state index in [0.717, 1.165) is 35.2 Å². The number of urea groups is 1. The number of carboxylic acids is 1. The van der Waals surface area contributed by atoms with Crippen LogP contribution in [0.3, 0.4) is 0 Å². The molecule has 2 N–H and O–H groups in total. The summed E-state index contributed by atoms with van der Waals surface area (Å²) in [4.78, 5) is 25.6. The summed E-state index contributed by atoms with van der Waals surface area (Å²) in [5, 5.41) is 12.3. The topological polar surface area (TPSA) is 78.9 Å². The van der Waals surface area contributed by atoms with Crippen LogP contribution in [-0.2, 0) is 4.79 Å². The monoisotopic (exact) mass is 466 g/mol. The number of benzene rings is 2. The Morgan fingerprint density at radius 1 is 1.03 bits per heavy atom. The maximum Gasteiger partial charge on any atom is 0.331 e. The summed E-state index contributed by atoms with van der Waals surface area (Å²) in [5.74, 6) is -0.243. The van der Waals surface area contributed by atoms with Crippen LogP contribution in [0.1, 0.15) is 64.9 Å². The first kappa shape index (κ1) is 27.0. The summed E-state index contributed by atoms with van der Waals surface area (Å²) in [6.07, 6.45) is 7.88. The second-order valence-corrected chi connectivity index (χ2v) is 8.27. The maximum absolute atomic E-state index is 12.6. The zero-order valence-electron chi connectivity index (χ0n) is 20.9. The molecule has 2 rings (SSSR count). The molecule has 0 radical (unpaired) electrons. The minimum absolute atomic E-state index is 0.126. The number of aliphatic carboxylic acids is 1. The van der Waals surface area contributed by atoms with Crippen LogP contribution in [0.15, 0.2) is 48.0 Å². The summed E-state index contributed by atoms with van der Waals surface area (Å²) < 4.78 is 5.88. The van der Waals surface area contributed by atoms with Crippen LogP contribution < -0.4 is 15.0 Å². The van der Waals surface area contributed by atoms with E-state index in [2.05, 4.69) is 12.2 Å². The number of hydrogen-bond acceptors (Lipinski definition) is 3. The minimum atomic E-state index is -0.917. The first-order valence-corrected chi connectivity index (χ1v) is 12.2. The van der Waals surface area contributed by atoms with Crippen molar-refractivity contribution in [1.29, 1.82) is 0 Å². The second kappa shape index (κ2) is 14.1. The molecule has 0 saturated heterocycles. The number of carboxylic acid groups (broad SMARTS) is 1. The van der Waals surface area contributed by atoms with Crippen LogP contribution >= 0.6 is 0 Å². The second-order valence-electron chi connectivity index (χ2n) is 8.27. The van der Waals surface area contributed by atoms with Gasteiger partial charge in [0, 0.05) is 30.4 Å². The third kappa shape index (κ3) is 7.94. The quantitative estimate of drug-likeness (QED) is 0.253. The Balaban J connectivity index is 2.20. The highest BCUT2D eigenvalue weighted by Gasteiger charge is 2.14. The highest BCUT2D eigenvalue weighted by atomic mass is 16.5. The van der Waals surface area contributed by atoms with Crippen molar-refractivity contribution in [3.8, 4) is 16.9 Å². The molecule has 2 amide bonds. The fourth-order valence-corrected chi connectivity index (χ4v) is 3.70. The van der Waals surface area contributed by atoms with E-state index >= 15 is 0 Å². The summed E-state index contributed by atoms with van der Waals surface area (Å²) in [5.41, 5.74) is 3.71. The smallest absolute Gasteiger partial charge is 0.331 e. The Kier molecular flexibility index (Phi) is 11.2. The predicted molar refractivity (Wildman–Crippen MR) is 140 cm³/mol. The Labute approximate surface area is 203 Å². The number of nitrogens with zero attached hydrogens (tertiary/aromatic N) is 1. The molecule has 0 aliphatic carbocycles. The zero-order valence-corrected chi connectivity index (χ0v) is 20.9. The van der Waals surface area contributed by atoms with Gasteiger partial charge in [0.15, 0.2) is 0 Å². The third-order valence-electron chi connectivity index (χ3n) is 5.71. The fraction of sp³-hybridized carbons (Fsp3) is 0.429. The van der Waals surface area contributed by atoms with Crippen LogP contribution in [-0.4, -0.2) is 37.3 Å². The Morgan fingerprint density at radius 2 is 1.79 bits per heavy atom. The number of rotatable bonds is 13. The lowest BCUT2D eigenvalue weighted by Gasteiger charge is -2.19. The molecule has 0 aromatic heterocycles. The maximum atomic E-state index is 12.6. The van der Waals surface area contributed by atoms with Gasteiger partial charge >= 0.3 is 12.0 Å². The van der Waals surface area contributed by atoms with Crippen molar-refractivity contribution in [1.82, 2.24) is 5.32 Å². The van der Waals surface area contributed by atoms with Crippen LogP contribution in [0.25, 0.3) is 17.2 Å². The predicted octanol–water partition coefficient (Wildman–Crippen LogP) is 6.75. The third-order valence-corrected chi connectivity index (χ3v) is 5.71. The van der Waals surface area contributed by atoms with Crippen LogP contribution in [0, 0.1) is 0 Å². The summed E-state index contributed by atoms with van der Waals surface area (Å²) in [6, 6.07) is 13.3. The zero-order chi connectivity index (χ0) is 24.9. The molecule has 184 valence electrons. The van der Waals surface area contributed by atoms with Gasteiger partial charge in [-0.25, -0.2) is 9.59 Å². The van der Waals surface area contributed by atoms with Gasteiger partial charge in [-0.2, -0.15) is 0 Å². The van der Waals surface area contributed by atoms with Crippen molar-refractivity contribution < 1.29 is 19.4 Å². The van der Waals surface area contributed by atoms with Gasteiger partial charge in [0.1, 0.15) is 5.75 Å². The van der Waals surface area contributed by atoms with E-state index in [1.807, 2.05) is 56.3 Å². The van der Waals surface area contributed by atoms with Crippen molar-refractivity contribution in [3.05, 3.63) is 53.6 Å². The van der Waals surface area contributed by atoms with Gasteiger partial charge in [-0.3, -0.25) is 4.90 Å². The van der Waals surface area contributed by atoms with E-state index in [9.17, 15) is 14.7 Å². The van der Waals surface area contributed by atoms with Crippen molar-refractivity contribution in [3.63, 3.8) is 0 Å². The Hall–Kier alpha value is -3.28. The largest absolute Gasteiger partial charge is 0.493 e. The molecule has 0 heterocycles. The van der Waals surface area contributed by atoms with Crippen molar-refractivity contribution in [2.45, 2.75) is 59.3 Å². The molecule has 0 saturated carbocycles. The molecule has 6 nitrogen and oxygen atoms in total. The molecule has 0 fully saturated rings. The number of nitrogens with one attached hydrogen (secondary N) is 1. The van der Waals surface area contributed by atoms with E-state index in [1.165, 1.54) is 19.3 Å². The van der Waals surface area contributed by atoms with Gasteiger partial charge in [0.25, 0.3) is 0 Å². The molecule has 0 atom stereocenters. The SMILES string of the molecule is CCCCCCCNC(=O)N(C)c1cccc(-c2ccc(/C=C(\CC)C(=O)O)cc2OCC)c1. The van der Waals surface area contributed by atoms with E-state index in [-0.39, 0.29) is 6.03 Å². The van der Waals surface area contributed by atoms with Gasteiger partial charge in [0.2, 0.25) is 0 Å². The lowest BCUT2D eigenvalue weighted by atomic mass is 10.0. The van der Waals surface area contributed by atoms with Crippen molar-refractivity contribution in [2.75, 3.05) is 25.1 Å². The lowest BCUT2D eigenvalue weighted by Crippen LogP contribution is -2.37. The summed E-state index contributed by atoms with van der Waals surface area (Å²) in [6.45, 7) is 7.08. The first-order valence-electron chi connectivity index (χ1n) is 12.2. The minimum Gasteiger partial charge on any atom is -0.493 e. The van der Waals surface area contributed by atoms with Crippen molar-refractivity contribution >= 4 is 23.8 Å². The molecule has 0 aliphatic rings. The standard InChI is InChI=1S/C28H38N2O4/c1-5-8-9-10-11-17-29-28(33)30(4)24-14-12-13-23(20-24)25-16-15-21(19-26(25)34-7-3)18-22(6-2)27(31)32/h12-16,18-20H,5-11,17H2,1-4H3,(H,29,33)(H,31,32)/b22-18+. The van der Waals surface area contributed by atoms with Gasteiger partial charge < -0.3 is 15.2 Å². The van der Waals surface area contributed by atoms with Crippen LogP contribution in [0.5, 0.6) is 5.75 Å². The van der Waals surface area contributed by atoms with E-state index in [1.54, 1.807) is 18.0 Å². The highest BCUT2D eigenvalue weighted by Crippen LogP contribution is 2.34. The molecule has 0 spiro atoms. The molecule has 2 aromatic carbocycles. The van der Waals surface area contributed by atoms with Crippen LogP contribution in [0.4, 0.5) is 10.5 Å². The summed E-state index contributed by atoms with van der Waals surface area (Å²) >= 11 is 0. The average molecular weight is 467 g/mol. The van der Waals surface area contributed by atoms with E-state index < -0.39 is 5.97 Å². The number of hydrogen-bond donors (Lipinski definition) is 2. The molecule has 2 aromatic rings. The molecule has 6 heteroatoms. The van der Waals surface area contributed by atoms with Gasteiger partial charge in [-0.15, -0.1) is 0 Å². The molecular formula is C28H38N2O4. The van der Waals surface area contributed by atoms with E-state index in [0.29, 0.717) is 30.9 Å². The molecule has 0 unspecified atom stereocenters. The Morgan fingerprint density at radius 3 is 2.47 bits per heavy atom. The van der Waals surface area contributed by atoms with Gasteiger partial charge in [-0.05, 0) is 55.2 Å². The lowest BCUT2D eigenvalue weighted by molar-refractivity contribution is -0.132. The van der Waals surface area contributed by atoms with E-state index in [4.69, 9.17) is 4.74 Å². The van der Waals surface area contributed by atoms with Crippen LogP contribution in [0.2, 0.25) is 0 Å². The number of ether oxygens (including phenoxy) is 1. The highest BCUT2D eigenvalue weighted by molar-refractivity contribution is 5.93. The normalized spacial score (nSPS) is 11.2. The number of anilines is 1. The number of carbonyl (C=O) groups excluding carboxylic acids is 1. The molecule has 34 heavy (non-hydrogen) atoms.